The molecule has 0 radical (unpaired) electrons. The maximum atomic E-state index is 12.2. The van der Waals surface area contributed by atoms with Crippen LogP contribution in [0.1, 0.15) is 5.56 Å². The molecule has 4 nitrogen and oxygen atoms in total. The summed E-state index contributed by atoms with van der Waals surface area (Å²) in [6.45, 7) is 0.199. The van der Waals surface area contributed by atoms with E-state index in [1.165, 1.54) is 7.11 Å². The molecule has 0 saturated carbocycles. The Labute approximate surface area is 122 Å². The van der Waals surface area contributed by atoms with Gasteiger partial charge in [0.25, 0.3) is 0 Å². The highest BCUT2D eigenvalue weighted by Gasteiger charge is 2.19. The molecular formula is C17H14O4. The lowest BCUT2D eigenvalue weighted by atomic mass is 10.1. The average Bonchev–Trinajstić information content (AvgIpc) is 2.55. The van der Waals surface area contributed by atoms with Gasteiger partial charge in [0.15, 0.2) is 11.5 Å². The molecule has 0 unspecified atom stereocenters. The molecule has 1 heterocycles. The van der Waals surface area contributed by atoms with Crippen molar-refractivity contribution in [1.82, 2.24) is 0 Å². The van der Waals surface area contributed by atoms with Crippen LogP contribution in [0, 0.1) is 0 Å². The van der Waals surface area contributed by atoms with Crippen molar-refractivity contribution in [3.63, 3.8) is 0 Å². The monoisotopic (exact) mass is 282 g/mol. The molecule has 0 bridgehead atoms. The molecular weight excluding hydrogens is 268 g/mol. The lowest BCUT2D eigenvalue weighted by molar-refractivity contribution is -0.130. The standard InChI is InChI=1S/C17H14O4/c1-19-15-8-4-5-9-16(15)21-17(18)13-10-12-6-2-3-7-14(12)20-11-13/h2-10H,11H2,1H3. The first-order valence-electron chi connectivity index (χ1n) is 6.55. The van der Waals surface area contributed by atoms with Crippen molar-refractivity contribution in [2.24, 2.45) is 0 Å². The van der Waals surface area contributed by atoms with E-state index in [2.05, 4.69) is 0 Å². The first kappa shape index (κ1) is 13.2. The molecule has 2 aromatic carbocycles. The van der Waals surface area contributed by atoms with E-state index in [4.69, 9.17) is 14.2 Å². The number of hydrogen-bond acceptors (Lipinski definition) is 4. The number of fused-ring (bicyclic) bond motifs is 1. The Kier molecular flexibility index (Phi) is 3.60. The predicted molar refractivity (Wildman–Crippen MR) is 78.5 cm³/mol. The average molecular weight is 282 g/mol. The fourth-order valence-electron chi connectivity index (χ4n) is 2.10. The van der Waals surface area contributed by atoms with Gasteiger partial charge in [0.2, 0.25) is 0 Å². The number of esters is 1. The molecule has 4 heteroatoms. The number of carbonyl (C=O) groups is 1. The van der Waals surface area contributed by atoms with Crippen molar-refractivity contribution in [3.8, 4) is 17.2 Å². The number of benzene rings is 2. The van der Waals surface area contributed by atoms with Crippen molar-refractivity contribution < 1.29 is 19.0 Å². The Bertz CT molecular complexity index is 703. The van der Waals surface area contributed by atoms with Crippen molar-refractivity contribution in [1.29, 1.82) is 0 Å². The van der Waals surface area contributed by atoms with Crippen molar-refractivity contribution in [2.75, 3.05) is 13.7 Å². The second kappa shape index (κ2) is 5.71. The number of para-hydroxylation sites is 3. The Balaban J connectivity index is 1.82. The summed E-state index contributed by atoms with van der Waals surface area (Å²) in [5.74, 6) is 1.24. The summed E-state index contributed by atoms with van der Waals surface area (Å²) in [6.07, 6.45) is 1.79. The van der Waals surface area contributed by atoms with Crippen LogP contribution in [0.2, 0.25) is 0 Å². The molecule has 3 rings (SSSR count). The van der Waals surface area contributed by atoms with Crippen molar-refractivity contribution >= 4 is 12.0 Å². The van der Waals surface area contributed by atoms with Gasteiger partial charge in [-0.2, -0.15) is 0 Å². The zero-order valence-electron chi connectivity index (χ0n) is 11.5. The predicted octanol–water partition coefficient (Wildman–Crippen LogP) is 3.08. The molecule has 0 saturated heterocycles. The third kappa shape index (κ3) is 2.74. The number of hydrogen-bond donors (Lipinski definition) is 0. The van der Waals surface area contributed by atoms with Gasteiger partial charge in [0.05, 0.1) is 12.7 Å². The summed E-state index contributed by atoms with van der Waals surface area (Å²) in [6, 6.07) is 14.6. The minimum atomic E-state index is -0.436. The summed E-state index contributed by atoms with van der Waals surface area (Å²) in [4.78, 5) is 12.2. The maximum absolute atomic E-state index is 12.2. The summed E-state index contributed by atoms with van der Waals surface area (Å²) >= 11 is 0. The van der Waals surface area contributed by atoms with Gasteiger partial charge in [-0.3, -0.25) is 0 Å². The van der Waals surface area contributed by atoms with Gasteiger partial charge in [0.1, 0.15) is 12.4 Å². The molecule has 0 spiro atoms. The smallest absolute Gasteiger partial charge is 0.343 e. The SMILES string of the molecule is COc1ccccc1OC(=O)C1=Cc2ccccc2OC1. The first-order chi connectivity index (χ1) is 10.3. The summed E-state index contributed by atoms with van der Waals surface area (Å²) in [5, 5.41) is 0. The fourth-order valence-corrected chi connectivity index (χ4v) is 2.10. The quantitative estimate of drug-likeness (QED) is 0.641. The lowest BCUT2D eigenvalue weighted by Gasteiger charge is -2.17. The fraction of sp³-hybridized carbons (Fsp3) is 0.118. The van der Waals surface area contributed by atoms with E-state index in [9.17, 15) is 4.79 Å². The molecule has 0 N–H and O–H groups in total. The minimum absolute atomic E-state index is 0.199. The second-order valence-corrected chi connectivity index (χ2v) is 4.54. The van der Waals surface area contributed by atoms with Crippen LogP contribution >= 0.6 is 0 Å². The van der Waals surface area contributed by atoms with Crippen LogP contribution < -0.4 is 14.2 Å². The van der Waals surface area contributed by atoms with E-state index >= 15 is 0 Å². The summed E-state index contributed by atoms with van der Waals surface area (Å²) in [7, 11) is 1.53. The van der Waals surface area contributed by atoms with Crippen LogP contribution in [-0.2, 0) is 4.79 Å². The van der Waals surface area contributed by atoms with E-state index in [1.807, 2.05) is 30.3 Å². The lowest BCUT2D eigenvalue weighted by Crippen LogP contribution is -2.19. The number of rotatable bonds is 3. The Hall–Kier alpha value is -2.75. The number of methoxy groups -OCH3 is 1. The van der Waals surface area contributed by atoms with Gasteiger partial charge in [0, 0.05) is 5.56 Å². The number of ether oxygens (including phenoxy) is 3. The zero-order valence-corrected chi connectivity index (χ0v) is 11.5. The Morgan fingerprint density at radius 3 is 2.57 bits per heavy atom. The third-order valence-corrected chi connectivity index (χ3v) is 3.17. The van der Waals surface area contributed by atoms with Gasteiger partial charge < -0.3 is 14.2 Å². The first-order valence-corrected chi connectivity index (χ1v) is 6.55. The second-order valence-electron chi connectivity index (χ2n) is 4.54. The largest absolute Gasteiger partial charge is 0.493 e. The summed E-state index contributed by atoms with van der Waals surface area (Å²) < 4.78 is 16.1. The third-order valence-electron chi connectivity index (χ3n) is 3.17. The Morgan fingerprint density at radius 1 is 1.05 bits per heavy atom. The molecule has 0 aliphatic carbocycles. The van der Waals surface area contributed by atoms with Gasteiger partial charge >= 0.3 is 5.97 Å². The van der Waals surface area contributed by atoms with Crippen LogP contribution in [0.4, 0.5) is 0 Å². The molecule has 0 atom stereocenters. The van der Waals surface area contributed by atoms with Gasteiger partial charge in [-0.25, -0.2) is 4.79 Å². The number of carbonyl (C=O) groups excluding carboxylic acids is 1. The molecule has 1 aliphatic rings. The van der Waals surface area contributed by atoms with Crippen LogP contribution in [0.3, 0.4) is 0 Å². The maximum Gasteiger partial charge on any atom is 0.343 e. The Morgan fingerprint density at radius 2 is 1.76 bits per heavy atom. The van der Waals surface area contributed by atoms with Gasteiger partial charge in [-0.1, -0.05) is 30.3 Å². The molecule has 1 aliphatic heterocycles. The van der Waals surface area contributed by atoms with E-state index in [0.717, 1.165) is 11.3 Å². The van der Waals surface area contributed by atoms with Crippen LogP contribution in [-0.4, -0.2) is 19.7 Å². The topological polar surface area (TPSA) is 44.8 Å². The van der Waals surface area contributed by atoms with Crippen LogP contribution in [0.5, 0.6) is 17.2 Å². The van der Waals surface area contributed by atoms with Crippen molar-refractivity contribution in [2.45, 2.75) is 0 Å². The van der Waals surface area contributed by atoms with E-state index < -0.39 is 5.97 Å². The van der Waals surface area contributed by atoms with Crippen molar-refractivity contribution in [3.05, 3.63) is 59.7 Å². The highest BCUT2D eigenvalue weighted by atomic mass is 16.6. The minimum Gasteiger partial charge on any atom is -0.493 e. The molecule has 2 aromatic rings. The van der Waals surface area contributed by atoms with Crippen LogP contribution in [0.15, 0.2) is 54.1 Å². The highest BCUT2D eigenvalue weighted by Crippen LogP contribution is 2.29. The summed E-state index contributed by atoms with van der Waals surface area (Å²) in [5.41, 5.74) is 1.34. The highest BCUT2D eigenvalue weighted by molar-refractivity contribution is 5.96. The van der Waals surface area contributed by atoms with Crippen LogP contribution in [0.25, 0.3) is 6.08 Å². The normalized spacial score (nSPS) is 12.7. The molecule has 0 fully saturated rings. The van der Waals surface area contributed by atoms with E-state index in [0.29, 0.717) is 17.1 Å². The van der Waals surface area contributed by atoms with E-state index in [-0.39, 0.29) is 6.61 Å². The molecule has 21 heavy (non-hydrogen) atoms. The molecule has 0 aromatic heterocycles. The van der Waals surface area contributed by atoms with Gasteiger partial charge in [-0.05, 0) is 24.3 Å². The van der Waals surface area contributed by atoms with E-state index in [1.54, 1.807) is 24.3 Å². The zero-order chi connectivity index (χ0) is 14.7. The molecule has 106 valence electrons. The van der Waals surface area contributed by atoms with Gasteiger partial charge in [-0.15, -0.1) is 0 Å². The molecule has 0 amide bonds.